The van der Waals surface area contributed by atoms with Crippen molar-refractivity contribution in [3.8, 4) is 5.88 Å². The van der Waals surface area contributed by atoms with E-state index in [9.17, 15) is 5.11 Å². The van der Waals surface area contributed by atoms with Gasteiger partial charge in [-0.2, -0.15) is 4.98 Å². The van der Waals surface area contributed by atoms with Crippen LogP contribution in [0.5, 0.6) is 5.88 Å². The molecule has 0 bridgehead atoms. The highest BCUT2D eigenvalue weighted by molar-refractivity contribution is 5.55. The number of nitrogens with two attached hydrogens (primary N) is 1. The summed E-state index contributed by atoms with van der Waals surface area (Å²) in [4.78, 5) is 6.65. The van der Waals surface area contributed by atoms with E-state index in [4.69, 9.17) is 15.2 Å². The lowest BCUT2D eigenvalue weighted by atomic mass is 10.2. The molecule has 2 rings (SSSR count). The van der Waals surface area contributed by atoms with Crippen LogP contribution in [-0.4, -0.2) is 48.6 Å². The molecule has 6 heteroatoms. The van der Waals surface area contributed by atoms with Crippen molar-refractivity contribution in [2.24, 2.45) is 5.92 Å². The van der Waals surface area contributed by atoms with Gasteiger partial charge in [0.2, 0.25) is 5.88 Å². The minimum atomic E-state index is -0.180. The van der Waals surface area contributed by atoms with Gasteiger partial charge >= 0.3 is 0 Å². The number of aliphatic hydroxyl groups excluding tert-OH is 1. The van der Waals surface area contributed by atoms with E-state index < -0.39 is 0 Å². The van der Waals surface area contributed by atoms with Gasteiger partial charge in [0.25, 0.3) is 0 Å². The van der Waals surface area contributed by atoms with Gasteiger partial charge in [0, 0.05) is 6.54 Å². The molecule has 1 aliphatic rings. The summed E-state index contributed by atoms with van der Waals surface area (Å²) in [5, 5.41) is 9.27. The van der Waals surface area contributed by atoms with E-state index in [0.717, 1.165) is 5.82 Å². The van der Waals surface area contributed by atoms with Gasteiger partial charge in [-0.1, -0.05) is 13.8 Å². The summed E-state index contributed by atoms with van der Waals surface area (Å²) in [6, 6.07) is 3.89. The highest BCUT2D eigenvalue weighted by atomic mass is 16.5. The fraction of sp³-hybridized carbons (Fsp3) is 0.667. The first-order valence-electron chi connectivity index (χ1n) is 7.39. The van der Waals surface area contributed by atoms with Crippen LogP contribution in [-0.2, 0) is 4.74 Å². The molecule has 6 nitrogen and oxygen atoms in total. The summed E-state index contributed by atoms with van der Waals surface area (Å²) in [7, 11) is 0. The summed E-state index contributed by atoms with van der Waals surface area (Å²) in [6.45, 7) is 8.00. The van der Waals surface area contributed by atoms with Crippen molar-refractivity contribution in [3.63, 3.8) is 0 Å². The van der Waals surface area contributed by atoms with Crippen molar-refractivity contribution in [1.29, 1.82) is 0 Å². The first-order chi connectivity index (χ1) is 10.0. The molecule has 118 valence electrons. The number of anilines is 2. The number of hydrogen-bond acceptors (Lipinski definition) is 6. The van der Waals surface area contributed by atoms with Crippen LogP contribution in [0, 0.1) is 5.92 Å². The molecule has 0 radical (unpaired) electrons. The average molecular weight is 295 g/mol. The van der Waals surface area contributed by atoms with Crippen molar-refractivity contribution in [2.45, 2.75) is 32.9 Å². The fourth-order valence-corrected chi connectivity index (χ4v) is 2.21. The Hall–Kier alpha value is -1.53. The van der Waals surface area contributed by atoms with E-state index in [1.54, 1.807) is 0 Å². The molecule has 1 saturated heterocycles. The van der Waals surface area contributed by atoms with E-state index in [0.29, 0.717) is 37.2 Å². The molecule has 0 spiro atoms. The van der Waals surface area contributed by atoms with Crippen molar-refractivity contribution >= 4 is 11.5 Å². The zero-order valence-corrected chi connectivity index (χ0v) is 13.0. The van der Waals surface area contributed by atoms with E-state index in [2.05, 4.69) is 30.7 Å². The largest absolute Gasteiger partial charge is 0.476 e. The van der Waals surface area contributed by atoms with Gasteiger partial charge in [-0.25, -0.2) is 0 Å². The summed E-state index contributed by atoms with van der Waals surface area (Å²) in [5.41, 5.74) is 6.46. The van der Waals surface area contributed by atoms with Crippen LogP contribution in [0.25, 0.3) is 0 Å². The van der Waals surface area contributed by atoms with E-state index in [1.807, 2.05) is 12.1 Å². The van der Waals surface area contributed by atoms with Crippen molar-refractivity contribution in [3.05, 3.63) is 12.1 Å². The molecular formula is C15H25N3O3. The molecule has 1 fully saturated rings. The third-order valence-electron chi connectivity index (χ3n) is 3.43. The van der Waals surface area contributed by atoms with Crippen molar-refractivity contribution in [1.82, 2.24) is 4.98 Å². The van der Waals surface area contributed by atoms with Crippen LogP contribution in [0.2, 0.25) is 0 Å². The molecular weight excluding hydrogens is 270 g/mol. The second-order valence-electron chi connectivity index (χ2n) is 5.91. The molecule has 0 amide bonds. The van der Waals surface area contributed by atoms with Gasteiger partial charge in [0.15, 0.2) is 0 Å². The van der Waals surface area contributed by atoms with Crippen LogP contribution in [0.4, 0.5) is 11.5 Å². The Balaban J connectivity index is 2.16. The normalized spacial score (nSPS) is 22.6. The SMILES string of the molecule is CC(C)COc1nc(N2CC(CO)OCC2C)ccc1N. The topological polar surface area (TPSA) is 80.8 Å². The first kappa shape index (κ1) is 15.9. The predicted molar refractivity (Wildman–Crippen MR) is 82.6 cm³/mol. The fourth-order valence-electron chi connectivity index (χ4n) is 2.21. The average Bonchev–Trinajstić information content (AvgIpc) is 2.47. The molecule has 0 saturated carbocycles. The molecule has 1 aliphatic heterocycles. The third kappa shape index (κ3) is 3.98. The number of morpholine rings is 1. The van der Waals surface area contributed by atoms with Crippen LogP contribution in [0.1, 0.15) is 20.8 Å². The molecule has 21 heavy (non-hydrogen) atoms. The minimum absolute atomic E-state index is 0.00883. The summed E-state index contributed by atoms with van der Waals surface area (Å²) < 4.78 is 11.2. The lowest BCUT2D eigenvalue weighted by Crippen LogP contribution is -2.50. The maximum absolute atomic E-state index is 9.27. The van der Waals surface area contributed by atoms with Gasteiger partial charge in [-0.05, 0) is 25.0 Å². The molecule has 2 heterocycles. The van der Waals surface area contributed by atoms with Gasteiger partial charge in [-0.3, -0.25) is 0 Å². The Bertz CT molecular complexity index is 467. The van der Waals surface area contributed by atoms with E-state index in [1.165, 1.54) is 0 Å². The number of nitrogen functional groups attached to an aromatic ring is 1. The van der Waals surface area contributed by atoms with Crippen molar-refractivity contribution in [2.75, 3.05) is 37.0 Å². The second kappa shape index (κ2) is 6.95. The Morgan fingerprint density at radius 3 is 2.95 bits per heavy atom. The smallest absolute Gasteiger partial charge is 0.239 e. The Morgan fingerprint density at radius 2 is 2.29 bits per heavy atom. The zero-order valence-electron chi connectivity index (χ0n) is 13.0. The van der Waals surface area contributed by atoms with Gasteiger partial charge in [0.05, 0.1) is 37.7 Å². The summed E-state index contributed by atoms with van der Waals surface area (Å²) >= 11 is 0. The van der Waals surface area contributed by atoms with Gasteiger partial charge < -0.3 is 25.2 Å². The lowest BCUT2D eigenvalue weighted by molar-refractivity contribution is -0.0106. The number of ether oxygens (including phenoxy) is 2. The summed E-state index contributed by atoms with van der Waals surface area (Å²) in [5.74, 6) is 1.69. The second-order valence-corrected chi connectivity index (χ2v) is 5.91. The highest BCUT2D eigenvalue weighted by Gasteiger charge is 2.27. The molecule has 0 aliphatic carbocycles. The number of aromatic nitrogens is 1. The predicted octanol–water partition coefficient (Wildman–Crippen LogP) is 1.28. The standard InChI is InChI=1S/C15H25N3O3/c1-10(2)8-21-15-13(16)4-5-14(17-15)18-6-12(7-19)20-9-11(18)3/h4-5,10-12,19H,6-9,16H2,1-3H3. The molecule has 2 atom stereocenters. The zero-order chi connectivity index (χ0) is 15.4. The molecule has 1 aromatic rings. The van der Waals surface area contributed by atoms with Crippen LogP contribution in [0.3, 0.4) is 0 Å². The Labute approximate surface area is 125 Å². The maximum Gasteiger partial charge on any atom is 0.239 e. The van der Waals surface area contributed by atoms with Crippen molar-refractivity contribution < 1.29 is 14.6 Å². The quantitative estimate of drug-likeness (QED) is 0.852. The van der Waals surface area contributed by atoms with E-state index >= 15 is 0 Å². The van der Waals surface area contributed by atoms with Crippen LogP contribution < -0.4 is 15.4 Å². The number of aliphatic hydroxyl groups is 1. The Kier molecular flexibility index (Phi) is 5.25. The third-order valence-corrected chi connectivity index (χ3v) is 3.43. The molecule has 3 N–H and O–H groups in total. The van der Waals surface area contributed by atoms with Crippen LogP contribution in [0.15, 0.2) is 12.1 Å². The molecule has 1 aromatic heterocycles. The van der Waals surface area contributed by atoms with Gasteiger partial charge in [-0.15, -0.1) is 0 Å². The number of pyridine rings is 1. The maximum atomic E-state index is 9.27. The Morgan fingerprint density at radius 1 is 1.52 bits per heavy atom. The molecule has 0 aromatic carbocycles. The number of nitrogens with zero attached hydrogens (tertiary/aromatic N) is 2. The van der Waals surface area contributed by atoms with E-state index in [-0.39, 0.29) is 18.8 Å². The summed E-state index contributed by atoms with van der Waals surface area (Å²) in [6.07, 6.45) is -0.180. The highest BCUT2D eigenvalue weighted by Crippen LogP contribution is 2.26. The minimum Gasteiger partial charge on any atom is -0.476 e. The number of rotatable bonds is 5. The molecule has 2 unspecified atom stereocenters. The lowest BCUT2D eigenvalue weighted by Gasteiger charge is -2.38. The van der Waals surface area contributed by atoms with Crippen LogP contribution >= 0.6 is 0 Å². The number of hydrogen-bond donors (Lipinski definition) is 2. The first-order valence-corrected chi connectivity index (χ1v) is 7.39. The van der Waals surface area contributed by atoms with Gasteiger partial charge in [0.1, 0.15) is 5.82 Å². The monoisotopic (exact) mass is 295 g/mol.